The third-order valence-electron chi connectivity index (χ3n) is 4.10. The number of nitrogens with one attached hydrogen (secondary N) is 1. The summed E-state index contributed by atoms with van der Waals surface area (Å²) in [6, 6.07) is 24.4. The zero-order valence-electron chi connectivity index (χ0n) is 14.8. The second-order valence-corrected chi connectivity index (χ2v) is 6.16. The molecule has 0 aliphatic heterocycles. The van der Waals surface area contributed by atoms with Crippen molar-refractivity contribution < 1.29 is 14.6 Å². The maximum absolute atomic E-state index is 11.7. The Morgan fingerprint density at radius 3 is 2.41 bits per heavy atom. The largest absolute Gasteiger partial charge is 0.489 e. The Kier molecular flexibility index (Phi) is 6.20. The number of carbonyl (C=O) groups is 1. The molecular formula is C22H22N2O3. The maximum atomic E-state index is 11.7. The number of hydrogen-bond donors (Lipinski definition) is 3. The zero-order valence-corrected chi connectivity index (χ0v) is 14.8. The number of amides is 1. The Labute approximate surface area is 158 Å². The minimum atomic E-state index is -0.928. The van der Waals surface area contributed by atoms with E-state index in [1.54, 1.807) is 12.1 Å². The van der Waals surface area contributed by atoms with E-state index < -0.39 is 11.9 Å². The first-order valence-electron chi connectivity index (χ1n) is 8.70. The summed E-state index contributed by atoms with van der Waals surface area (Å²) in [5.41, 5.74) is 9.26. The lowest BCUT2D eigenvalue weighted by Crippen LogP contribution is -2.38. The molecule has 5 heteroatoms. The molecule has 0 unspecified atom stereocenters. The van der Waals surface area contributed by atoms with Crippen molar-refractivity contribution in [2.75, 3.05) is 11.9 Å². The molecule has 0 aromatic heterocycles. The molecule has 0 aliphatic carbocycles. The number of aliphatic hydroxyl groups is 1. The van der Waals surface area contributed by atoms with Crippen LogP contribution in [-0.2, 0) is 11.4 Å². The summed E-state index contributed by atoms with van der Waals surface area (Å²) < 4.78 is 5.87. The molecule has 0 saturated heterocycles. The zero-order chi connectivity index (χ0) is 19.1. The molecule has 0 bridgehead atoms. The number of rotatable bonds is 7. The minimum absolute atomic E-state index is 0.389. The van der Waals surface area contributed by atoms with Crippen LogP contribution in [0.3, 0.4) is 0 Å². The van der Waals surface area contributed by atoms with Crippen molar-refractivity contribution in [2.24, 2.45) is 5.73 Å². The fourth-order valence-corrected chi connectivity index (χ4v) is 2.57. The van der Waals surface area contributed by atoms with Crippen LogP contribution in [0, 0.1) is 0 Å². The molecule has 0 fully saturated rings. The highest BCUT2D eigenvalue weighted by molar-refractivity contribution is 5.94. The third-order valence-corrected chi connectivity index (χ3v) is 4.10. The topological polar surface area (TPSA) is 84.6 Å². The second kappa shape index (κ2) is 8.98. The Balaban J connectivity index is 1.66. The summed E-state index contributed by atoms with van der Waals surface area (Å²) in [7, 11) is 0. The van der Waals surface area contributed by atoms with Gasteiger partial charge in [-0.3, -0.25) is 4.79 Å². The number of nitrogens with two attached hydrogens (primary N) is 1. The van der Waals surface area contributed by atoms with Crippen molar-refractivity contribution in [1.29, 1.82) is 0 Å². The van der Waals surface area contributed by atoms with Gasteiger partial charge in [-0.2, -0.15) is 0 Å². The van der Waals surface area contributed by atoms with Crippen LogP contribution in [0.1, 0.15) is 5.56 Å². The van der Waals surface area contributed by atoms with E-state index in [1.807, 2.05) is 66.7 Å². The van der Waals surface area contributed by atoms with Gasteiger partial charge in [-0.25, -0.2) is 0 Å². The van der Waals surface area contributed by atoms with Gasteiger partial charge in [-0.05, 0) is 41.0 Å². The van der Waals surface area contributed by atoms with Crippen LogP contribution in [0.15, 0.2) is 78.9 Å². The molecule has 0 spiro atoms. The van der Waals surface area contributed by atoms with Gasteiger partial charge in [0.05, 0.1) is 6.61 Å². The van der Waals surface area contributed by atoms with Gasteiger partial charge < -0.3 is 20.9 Å². The lowest BCUT2D eigenvalue weighted by atomic mass is 10.1. The van der Waals surface area contributed by atoms with Gasteiger partial charge in [0.1, 0.15) is 18.4 Å². The first kappa shape index (κ1) is 18.6. The predicted octanol–water partition coefficient (Wildman–Crippen LogP) is 3.19. The quantitative estimate of drug-likeness (QED) is 0.603. The van der Waals surface area contributed by atoms with Crippen molar-refractivity contribution in [3.05, 3.63) is 84.4 Å². The molecule has 1 atom stereocenters. The molecule has 4 N–H and O–H groups in total. The average molecular weight is 362 g/mol. The van der Waals surface area contributed by atoms with E-state index in [-0.39, 0.29) is 6.61 Å². The van der Waals surface area contributed by atoms with Gasteiger partial charge in [-0.15, -0.1) is 0 Å². The normalized spacial score (nSPS) is 11.6. The number of ether oxygens (including phenoxy) is 1. The second-order valence-electron chi connectivity index (χ2n) is 6.16. The van der Waals surface area contributed by atoms with Crippen molar-refractivity contribution in [3.63, 3.8) is 0 Å². The smallest absolute Gasteiger partial charge is 0.243 e. The van der Waals surface area contributed by atoms with Crippen molar-refractivity contribution in [1.82, 2.24) is 0 Å². The molecule has 0 saturated carbocycles. The number of anilines is 1. The first-order chi connectivity index (χ1) is 13.2. The van der Waals surface area contributed by atoms with Crippen LogP contribution >= 0.6 is 0 Å². The van der Waals surface area contributed by atoms with Crippen molar-refractivity contribution >= 4 is 11.6 Å². The summed E-state index contributed by atoms with van der Waals surface area (Å²) in [4.78, 5) is 11.7. The van der Waals surface area contributed by atoms with Gasteiger partial charge in [0.2, 0.25) is 5.91 Å². The van der Waals surface area contributed by atoms with E-state index in [0.717, 1.165) is 22.4 Å². The summed E-state index contributed by atoms with van der Waals surface area (Å²) in [5, 5.41) is 11.6. The molecule has 1 amide bonds. The molecule has 3 aromatic carbocycles. The minimum Gasteiger partial charge on any atom is -0.489 e. The standard InChI is InChI=1S/C22H22N2O3/c23-21(14-25)22(26)24-19-11-9-17(10-12-19)18-7-4-8-20(13-18)27-15-16-5-2-1-3-6-16/h1-13,21,25H,14-15,23H2,(H,24,26)/t21-/m0/s1. The van der Waals surface area contributed by atoms with E-state index in [9.17, 15) is 4.79 Å². The van der Waals surface area contributed by atoms with Crippen LogP contribution in [0.25, 0.3) is 11.1 Å². The van der Waals surface area contributed by atoms with Crippen LogP contribution in [-0.4, -0.2) is 23.7 Å². The molecule has 5 nitrogen and oxygen atoms in total. The number of hydrogen-bond acceptors (Lipinski definition) is 4. The highest BCUT2D eigenvalue weighted by Gasteiger charge is 2.11. The monoisotopic (exact) mass is 362 g/mol. The van der Waals surface area contributed by atoms with Gasteiger partial charge >= 0.3 is 0 Å². The van der Waals surface area contributed by atoms with Crippen LogP contribution < -0.4 is 15.8 Å². The van der Waals surface area contributed by atoms with Crippen molar-refractivity contribution in [3.8, 4) is 16.9 Å². The van der Waals surface area contributed by atoms with Crippen molar-refractivity contribution in [2.45, 2.75) is 12.6 Å². The number of benzene rings is 3. The summed E-state index contributed by atoms with van der Waals surface area (Å²) in [6.45, 7) is 0.125. The molecule has 0 heterocycles. The fourth-order valence-electron chi connectivity index (χ4n) is 2.57. The fraction of sp³-hybridized carbons (Fsp3) is 0.136. The Morgan fingerprint density at radius 1 is 0.963 bits per heavy atom. The highest BCUT2D eigenvalue weighted by Crippen LogP contribution is 2.25. The maximum Gasteiger partial charge on any atom is 0.243 e. The van der Waals surface area contributed by atoms with Gasteiger partial charge in [-0.1, -0.05) is 54.6 Å². The van der Waals surface area contributed by atoms with Gasteiger partial charge in [0.25, 0.3) is 0 Å². The Morgan fingerprint density at radius 2 is 1.70 bits per heavy atom. The first-order valence-corrected chi connectivity index (χ1v) is 8.70. The number of aliphatic hydroxyl groups excluding tert-OH is 1. The average Bonchev–Trinajstić information content (AvgIpc) is 2.73. The molecule has 27 heavy (non-hydrogen) atoms. The SMILES string of the molecule is N[C@@H](CO)C(=O)Nc1ccc(-c2cccc(OCc3ccccc3)c2)cc1. The molecular weight excluding hydrogens is 340 g/mol. The molecule has 0 aliphatic rings. The van der Waals surface area contributed by atoms with Gasteiger partial charge in [0, 0.05) is 5.69 Å². The lowest BCUT2D eigenvalue weighted by molar-refractivity contribution is -0.118. The van der Waals surface area contributed by atoms with E-state index in [2.05, 4.69) is 5.32 Å². The summed E-state index contributed by atoms with van der Waals surface area (Å²) in [6.07, 6.45) is 0. The lowest BCUT2D eigenvalue weighted by Gasteiger charge is -2.11. The van der Waals surface area contributed by atoms with Crippen LogP contribution in [0.4, 0.5) is 5.69 Å². The molecule has 3 rings (SSSR count). The number of carbonyl (C=O) groups excluding carboxylic acids is 1. The van der Waals surface area contributed by atoms with Crippen LogP contribution in [0.5, 0.6) is 5.75 Å². The molecule has 138 valence electrons. The van der Waals surface area contributed by atoms with E-state index in [1.165, 1.54) is 0 Å². The van der Waals surface area contributed by atoms with Gasteiger partial charge in [0.15, 0.2) is 0 Å². The molecule has 3 aromatic rings. The summed E-state index contributed by atoms with van der Waals surface area (Å²) in [5.74, 6) is 0.379. The Bertz CT molecular complexity index is 880. The van der Waals surface area contributed by atoms with E-state index in [4.69, 9.17) is 15.6 Å². The third kappa shape index (κ3) is 5.17. The predicted molar refractivity (Wildman–Crippen MR) is 106 cm³/mol. The van der Waals surface area contributed by atoms with E-state index >= 15 is 0 Å². The highest BCUT2D eigenvalue weighted by atomic mass is 16.5. The Hall–Kier alpha value is -3.15. The molecule has 0 radical (unpaired) electrons. The summed E-state index contributed by atoms with van der Waals surface area (Å²) >= 11 is 0. The van der Waals surface area contributed by atoms with E-state index in [0.29, 0.717) is 12.3 Å². The van der Waals surface area contributed by atoms with Crippen LogP contribution in [0.2, 0.25) is 0 Å².